The van der Waals surface area contributed by atoms with Gasteiger partial charge >= 0.3 is 11.9 Å². The number of hydrogen-bond acceptors (Lipinski definition) is 11. The average Bonchev–Trinajstić information content (AvgIpc) is 3.29. The normalized spacial score (nSPS) is 19.3. The Balaban J connectivity index is 1.47. The van der Waals surface area contributed by atoms with Crippen LogP contribution in [0.15, 0.2) is 46.1 Å². The van der Waals surface area contributed by atoms with Gasteiger partial charge in [-0.15, -0.1) is 23.1 Å². The minimum atomic E-state index is -1.31. The molecule has 36 heavy (non-hydrogen) atoms. The van der Waals surface area contributed by atoms with Crippen LogP contribution < -0.4 is 15.8 Å². The van der Waals surface area contributed by atoms with Crippen molar-refractivity contribution in [3.8, 4) is 5.75 Å². The number of benzene rings is 1. The molecular weight excluding hydrogens is 514 g/mol. The first-order chi connectivity index (χ1) is 17.2. The quantitative estimate of drug-likeness (QED) is 0.200. The molecule has 2 aromatic rings. The fraction of sp³-hybridized carbons (Fsp3) is 0.238. The maximum absolute atomic E-state index is 12.9. The molecule has 2 aliphatic heterocycles. The Morgan fingerprint density at radius 3 is 2.56 bits per heavy atom. The molecule has 1 fully saturated rings. The van der Waals surface area contributed by atoms with Crippen LogP contribution in [-0.2, 0) is 19.2 Å². The average molecular weight is 534 g/mol. The van der Waals surface area contributed by atoms with Gasteiger partial charge in [0.25, 0.3) is 11.8 Å². The second kappa shape index (κ2) is 10.2. The number of aliphatic carboxylic acids is 1. The topological polar surface area (TPSA) is 194 Å². The van der Waals surface area contributed by atoms with E-state index in [9.17, 15) is 24.3 Å². The maximum Gasteiger partial charge on any atom is 0.352 e. The summed E-state index contributed by atoms with van der Waals surface area (Å²) in [6.45, 7) is -0.121. The number of carboxylic acids is 2. The molecule has 0 bridgehead atoms. The lowest BCUT2D eigenvalue weighted by Crippen LogP contribution is -2.71. The van der Waals surface area contributed by atoms with Gasteiger partial charge < -0.3 is 30.8 Å². The first kappa shape index (κ1) is 25.0. The molecular formula is C21H19N5O8S2. The minimum absolute atomic E-state index is 0.0834. The Bertz CT molecular complexity index is 1290. The highest BCUT2D eigenvalue weighted by molar-refractivity contribution is 8.00. The molecule has 2 amide bonds. The number of nitrogens with two attached hydrogens (primary N) is 1. The first-order valence-electron chi connectivity index (χ1n) is 10.2. The number of ether oxygens (including phenoxy) is 1. The van der Waals surface area contributed by atoms with E-state index in [4.69, 9.17) is 20.4 Å². The molecule has 13 nitrogen and oxygen atoms in total. The summed E-state index contributed by atoms with van der Waals surface area (Å²) in [4.78, 5) is 58.5. The van der Waals surface area contributed by atoms with Crippen LogP contribution in [0.5, 0.6) is 5.75 Å². The fourth-order valence-corrected chi connectivity index (χ4v) is 5.44. The van der Waals surface area contributed by atoms with E-state index in [2.05, 4.69) is 15.5 Å². The number of nitrogens with one attached hydrogen (secondary N) is 1. The van der Waals surface area contributed by atoms with Crippen LogP contribution in [0.2, 0.25) is 0 Å². The van der Waals surface area contributed by atoms with Crippen molar-refractivity contribution in [2.24, 2.45) is 5.16 Å². The molecule has 1 unspecified atom stereocenters. The van der Waals surface area contributed by atoms with Crippen LogP contribution >= 0.6 is 23.1 Å². The number of anilines is 1. The third kappa shape index (κ3) is 4.83. The number of nitrogens with zero attached hydrogens (tertiary/aromatic N) is 3. The number of β-lactam (4-membered cyclic amide) rings is 1. The van der Waals surface area contributed by atoms with E-state index in [-0.39, 0.29) is 40.2 Å². The molecule has 188 valence electrons. The highest BCUT2D eigenvalue weighted by Crippen LogP contribution is 2.40. The van der Waals surface area contributed by atoms with Gasteiger partial charge in [0, 0.05) is 16.7 Å². The minimum Gasteiger partial charge on any atom is -0.489 e. The Morgan fingerprint density at radius 1 is 1.25 bits per heavy atom. The number of amides is 2. The Hall–Kier alpha value is -4.11. The molecule has 1 aromatic carbocycles. The van der Waals surface area contributed by atoms with Crippen molar-refractivity contribution in [3.05, 3.63) is 52.2 Å². The number of thiazole rings is 1. The van der Waals surface area contributed by atoms with Crippen molar-refractivity contribution in [2.75, 3.05) is 25.2 Å². The summed E-state index contributed by atoms with van der Waals surface area (Å²) in [6, 6.07) is 4.66. The zero-order valence-electron chi connectivity index (χ0n) is 18.5. The molecule has 5 N–H and O–H groups in total. The van der Waals surface area contributed by atoms with Gasteiger partial charge in [-0.25, -0.2) is 14.6 Å². The summed E-state index contributed by atoms with van der Waals surface area (Å²) in [7, 11) is 1.25. The monoisotopic (exact) mass is 533 g/mol. The van der Waals surface area contributed by atoms with E-state index in [1.807, 2.05) is 0 Å². The van der Waals surface area contributed by atoms with Gasteiger partial charge in [0.1, 0.15) is 42.3 Å². The largest absolute Gasteiger partial charge is 0.489 e. The molecule has 4 rings (SSSR count). The molecule has 3 heterocycles. The van der Waals surface area contributed by atoms with Crippen molar-refractivity contribution in [2.45, 2.75) is 11.4 Å². The number of fused-ring (bicyclic) bond motifs is 1. The highest BCUT2D eigenvalue weighted by atomic mass is 32.2. The molecule has 1 saturated heterocycles. The van der Waals surface area contributed by atoms with Crippen molar-refractivity contribution >= 4 is 57.7 Å². The van der Waals surface area contributed by atoms with Crippen LogP contribution in [0.3, 0.4) is 0 Å². The van der Waals surface area contributed by atoms with E-state index in [0.29, 0.717) is 11.3 Å². The summed E-state index contributed by atoms with van der Waals surface area (Å²) in [5, 5.41) is 26.1. The van der Waals surface area contributed by atoms with Gasteiger partial charge in [0.15, 0.2) is 10.8 Å². The summed E-state index contributed by atoms with van der Waals surface area (Å²) in [6.07, 6.45) is 0. The zero-order valence-corrected chi connectivity index (χ0v) is 20.2. The number of carbonyl (C=O) groups excluding carboxylic acids is 2. The SMILES string of the molecule is CON=C(C(=O)NC1C(=O)N2C(C(=O)O)=C(COc3ccc(C(=O)O)cc3)CS[C@@H]12)c1csc(N)n1. The lowest BCUT2D eigenvalue weighted by Gasteiger charge is -2.49. The molecule has 0 radical (unpaired) electrons. The molecule has 15 heteroatoms. The number of carbonyl (C=O) groups is 4. The van der Waals surface area contributed by atoms with Crippen LogP contribution in [0, 0.1) is 0 Å². The number of nitrogen functional groups attached to an aromatic ring is 1. The number of aromatic carboxylic acids is 1. The van der Waals surface area contributed by atoms with Gasteiger partial charge in [-0.05, 0) is 24.3 Å². The zero-order chi connectivity index (χ0) is 26.0. The number of carboxylic acid groups (broad SMARTS) is 2. The van der Waals surface area contributed by atoms with Gasteiger partial charge in [-0.1, -0.05) is 5.16 Å². The Morgan fingerprint density at radius 2 is 1.97 bits per heavy atom. The molecule has 0 spiro atoms. The van der Waals surface area contributed by atoms with E-state index < -0.39 is 35.2 Å². The summed E-state index contributed by atoms with van der Waals surface area (Å²) >= 11 is 2.37. The fourth-order valence-electron chi connectivity index (χ4n) is 3.56. The molecule has 2 aliphatic rings. The number of rotatable bonds is 9. The van der Waals surface area contributed by atoms with Gasteiger partial charge in [0.2, 0.25) is 0 Å². The molecule has 0 aliphatic carbocycles. The summed E-state index contributed by atoms with van der Waals surface area (Å²) < 4.78 is 5.62. The third-order valence-electron chi connectivity index (χ3n) is 5.21. The predicted octanol–water partition coefficient (Wildman–Crippen LogP) is 0.592. The van der Waals surface area contributed by atoms with Crippen LogP contribution in [0.4, 0.5) is 5.13 Å². The number of hydrogen-bond donors (Lipinski definition) is 4. The Labute approximate surface area is 211 Å². The lowest BCUT2D eigenvalue weighted by atomic mass is 10.0. The van der Waals surface area contributed by atoms with E-state index >= 15 is 0 Å². The molecule has 0 saturated carbocycles. The molecule has 1 aromatic heterocycles. The standard InChI is InChI=1S/C21H19N5O8S2/c1-33-25-13(12-8-36-21(22)23-12)16(27)24-14-17(28)26-15(20(31)32)10(7-35-18(14)26)6-34-11-4-2-9(3-5-11)19(29)30/h2-5,8,14,18H,6-7H2,1H3,(H2,22,23)(H,24,27)(H,29,30)(H,31,32)/t14?,18-/m0/s1. The van der Waals surface area contributed by atoms with Crippen LogP contribution in [-0.4, -0.2) is 80.4 Å². The smallest absolute Gasteiger partial charge is 0.352 e. The van der Waals surface area contributed by atoms with Crippen molar-refractivity contribution in [1.29, 1.82) is 0 Å². The number of aromatic nitrogens is 1. The van der Waals surface area contributed by atoms with Crippen molar-refractivity contribution in [1.82, 2.24) is 15.2 Å². The lowest BCUT2D eigenvalue weighted by molar-refractivity contribution is -0.150. The molecule has 2 atom stereocenters. The van der Waals surface area contributed by atoms with Crippen LogP contribution in [0.25, 0.3) is 0 Å². The van der Waals surface area contributed by atoms with Gasteiger partial charge in [-0.3, -0.25) is 14.5 Å². The number of oxime groups is 1. The first-order valence-corrected chi connectivity index (χ1v) is 12.1. The van der Waals surface area contributed by atoms with Gasteiger partial charge in [0.05, 0.1) is 5.56 Å². The number of thioether (sulfide) groups is 1. The van der Waals surface area contributed by atoms with Crippen LogP contribution in [0.1, 0.15) is 16.1 Å². The predicted molar refractivity (Wildman–Crippen MR) is 129 cm³/mol. The summed E-state index contributed by atoms with van der Waals surface area (Å²) in [5.41, 5.74) is 5.86. The second-order valence-electron chi connectivity index (χ2n) is 7.43. The highest BCUT2D eigenvalue weighted by Gasteiger charge is 2.54. The summed E-state index contributed by atoms with van der Waals surface area (Å²) in [5.74, 6) is -3.13. The maximum atomic E-state index is 12.9. The van der Waals surface area contributed by atoms with E-state index in [0.717, 1.165) is 16.2 Å². The van der Waals surface area contributed by atoms with E-state index in [1.165, 1.54) is 48.5 Å². The third-order valence-corrected chi connectivity index (χ3v) is 7.23. The van der Waals surface area contributed by atoms with Gasteiger partial charge in [-0.2, -0.15) is 0 Å². The van der Waals surface area contributed by atoms with Crippen molar-refractivity contribution in [3.63, 3.8) is 0 Å². The van der Waals surface area contributed by atoms with Crippen molar-refractivity contribution < 1.29 is 39.0 Å². The Kier molecular flexibility index (Phi) is 7.12. The van der Waals surface area contributed by atoms with E-state index in [1.54, 1.807) is 0 Å². The second-order valence-corrected chi connectivity index (χ2v) is 9.42.